The van der Waals surface area contributed by atoms with Gasteiger partial charge in [0.15, 0.2) is 5.82 Å². The maximum atomic E-state index is 14.8. The molecule has 5 atom stereocenters. The molecule has 0 spiro atoms. The highest BCUT2D eigenvalue weighted by Crippen LogP contribution is 2.48. The number of allylic oxidation sites excluding steroid dienone is 1. The quantitative estimate of drug-likeness (QED) is 0.166. The van der Waals surface area contributed by atoms with Gasteiger partial charge in [0.1, 0.15) is 52.5 Å². The highest BCUT2D eigenvalue weighted by Gasteiger charge is 2.63. The highest BCUT2D eigenvalue weighted by atomic mass is 32.2. The van der Waals surface area contributed by atoms with Gasteiger partial charge in [-0.15, -0.1) is 0 Å². The molecule has 4 fully saturated rings. The third-order valence-electron chi connectivity index (χ3n) is 13.2. The number of ether oxygens (including phenoxy) is 3. The number of aromatic nitrogens is 2. The first-order valence-corrected chi connectivity index (χ1v) is 23.3. The minimum Gasteiger partial charge on any atom is -0.497 e. The average molecular weight is 887 g/mol. The van der Waals surface area contributed by atoms with Gasteiger partial charge in [0.25, 0.3) is 11.8 Å². The summed E-state index contributed by atoms with van der Waals surface area (Å²) in [5, 5.41) is 6.29. The number of methoxy groups -OCH3 is 1. The van der Waals surface area contributed by atoms with E-state index in [1.54, 1.807) is 25.1 Å². The molecule has 3 aliphatic carbocycles. The predicted molar refractivity (Wildman–Crippen MR) is 227 cm³/mol. The number of carbonyl (C=O) groups is 4. The first-order valence-electron chi connectivity index (χ1n) is 21.8. The van der Waals surface area contributed by atoms with E-state index in [-0.39, 0.29) is 49.2 Å². The highest BCUT2D eigenvalue weighted by molar-refractivity contribution is 7.91. The van der Waals surface area contributed by atoms with Crippen molar-refractivity contribution in [3.05, 3.63) is 60.4 Å². The van der Waals surface area contributed by atoms with Crippen molar-refractivity contribution in [3.63, 3.8) is 0 Å². The van der Waals surface area contributed by atoms with Gasteiger partial charge in [-0.2, -0.15) is 4.98 Å². The number of nitrogens with zero attached hydrogens (tertiary/aromatic N) is 3. The Morgan fingerprint density at radius 1 is 0.984 bits per heavy atom. The van der Waals surface area contributed by atoms with E-state index in [0.717, 1.165) is 38.5 Å². The van der Waals surface area contributed by atoms with E-state index < -0.39 is 74.0 Å². The van der Waals surface area contributed by atoms with Crippen molar-refractivity contribution in [2.45, 2.75) is 125 Å². The summed E-state index contributed by atoms with van der Waals surface area (Å²) in [6.07, 6.45) is 9.24. The number of alkyl carbamates (subject to hydrolysis) is 1. The van der Waals surface area contributed by atoms with Crippen LogP contribution in [0.15, 0.2) is 59.0 Å². The summed E-state index contributed by atoms with van der Waals surface area (Å²) >= 11 is 0. The van der Waals surface area contributed by atoms with Gasteiger partial charge in [-0.3, -0.25) is 19.1 Å². The van der Waals surface area contributed by atoms with E-state index in [1.807, 2.05) is 12.2 Å². The normalized spacial score (nSPS) is 26.2. The Labute approximate surface area is 363 Å². The lowest BCUT2D eigenvalue weighted by atomic mass is 10.0. The maximum absolute atomic E-state index is 14.8. The Balaban J connectivity index is 1.06. The fourth-order valence-electron chi connectivity index (χ4n) is 8.97. The van der Waals surface area contributed by atoms with Crippen molar-refractivity contribution in [1.82, 2.24) is 30.2 Å². The van der Waals surface area contributed by atoms with Crippen LogP contribution < -0.4 is 24.8 Å². The molecule has 4 heterocycles. The van der Waals surface area contributed by atoms with Gasteiger partial charge in [0, 0.05) is 17.9 Å². The first-order chi connectivity index (χ1) is 30.3. The van der Waals surface area contributed by atoms with Crippen LogP contribution in [0.4, 0.5) is 9.18 Å². The van der Waals surface area contributed by atoms with Gasteiger partial charge in [-0.05, 0) is 114 Å². The molecule has 16 nitrogen and oxygen atoms in total. The van der Waals surface area contributed by atoms with Gasteiger partial charge in [-0.25, -0.2) is 22.6 Å². The molecule has 2 aliphatic heterocycles. The van der Waals surface area contributed by atoms with E-state index >= 15 is 0 Å². The number of fused-ring (bicyclic) bond motifs is 5. The molecule has 334 valence electrons. The van der Waals surface area contributed by atoms with Crippen LogP contribution in [-0.2, 0) is 29.1 Å². The molecule has 3 saturated carbocycles. The van der Waals surface area contributed by atoms with Crippen molar-refractivity contribution in [1.29, 1.82) is 0 Å². The first kappa shape index (κ1) is 42.5. The van der Waals surface area contributed by atoms with Crippen molar-refractivity contribution in [2.24, 2.45) is 5.92 Å². The SMILES string of the molecule is COc1ccc2oc3c(O[C@@H]4C[C@H]5C(=O)N[C@]6(C(=O)NS(=O)(=O)C7(C)CC7)C[C@H]6C=CCCCCC[C@H](NC(=O)OC6CCCC6)C(=O)N5C4)nc(-c4ccc(F)cc4)nc3c2c1. The zero-order valence-corrected chi connectivity index (χ0v) is 36.0. The number of halogens is 1. The summed E-state index contributed by atoms with van der Waals surface area (Å²) in [6, 6.07) is 8.58. The lowest BCUT2D eigenvalue weighted by molar-refractivity contribution is -0.141. The Kier molecular flexibility index (Phi) is 11.3. The number of carbonyl (C=O) groups excluding carboxylic acids is 4. The molecule has 9 rings (SSSR count). The summed E-state index contributed by atoms with van der Waals surface area (Å²) in [7, 11) is -2.51. The Bertz CT molecular complexity index is 2590. The third-order valence-corrected chi connectivity index (χ3v) is 15.4. The smallest absolute Gasteiger partial charge is 0.408 e. The number of amides is 4. The number of hydrogen-bond donors (Lipinski definition) is 3. The number of furan rings is 1. The molecule has 0 unspecified atom stereocenters. The molecule has 63 heavy (non-hydrogen) atoms. The minimum atomic E-state index is -4.04. The monoisotopic (exact) mass is 886 g/mol. The number of nitrogens with one attached hydrogen (secondary N) is 3. The van der Waals surface area contributed by atoms with Gasteiger partial charge in [0.05, 0.1) is 23.8 Å². The molecule has 18 heteroatoms. The van der Waals surface area contributed by atoms with E-state index in [9.17, 15) is 32.0 Å². The third kappa shape index (κ3) is 8.53. The van der Waals surface area contributed by atoms with Gasteiger partial charge < -0.3 is 34.2 Å². The van der Waals surface area contributed by atoms with E-state index in [4.69, 9.17) is 28.6 Å². The molecule has 4 amide bonds. The second kappa shape index (κ2) is 16.7. The van der Waals surface area contributed by atoms with Crippen molar-refractivity contribution < 1.29 is 50.6 Å². The second-order valence-electron chi connectivity index (χ2n) is 17.7. The predicted octanol–water partition coefficient (Wildman–Crippen LogP) is 5.97. The molecule has 1 saturated heterocycles. The number of benzene rings is 2. The van der Waals surface area contributed by atoms with Crippen LogP contribution in [0.5, 0.6) is 11.6 Å². The summed E-state index contributed by atoms with van der Waals surface area (Å²) in [5.41, 5.74) is -0.0619. The van der Waals surface area contributed by atoms with E-state index in [1.165, 1.54) is 36.3 Å². The van der Waals surface area contributed by atoms with Crippen molar-refractivity contribution in [3.8, 4) is 23.0 Å². The van der Waals surface area contributed by atoms with Crippen LogP contribution in [0, 0.1) is 11.7 Å². The topological polar surface area (TPSA) is 208 Å². The van der Waals surface area contributed by atoms with Gasteiger partial charge >= 0.3 is 6.09 Å². The van der Waals surface area contributed by atoms with E-state index in [2.05, 4.69) is 15.4 Å². The summed E-state index contributed by atoms with van der Waals surface area (Å²) in [6.45, 7) is 1.44. The Morgan fingerprint density at radius 2 is 1.75 bits per heavy atom. The maximum Gasteiger partial charge on any atom is 0.408 e. The lowest BCUT2D eigenvalue weighted by Crippen LogP contribution is -2.58. The van der Waals surface area contributed by atoms with E-state index in [0.29, 0.717) is 53.5 Å². The summed E-state index contributed by atoms with van der Waals surface area (Å²) in [5.74, 6) is -2.24. The molecular weight excluding hydrogens is 836 g/mol. The van der Waals surface area contributed by atoms with Gasteiger partial charge in [-0.1, -0.05) is 25.0 Å². The summed E-state index contributed by atoms with van der Waals surface area (Å²) < 4.78 is 65.8. The molecule has 0 bridgehead atoms. The number of hydrogen-bond acceptors (Lipinski definition) is 12. The fourth-order valence-corrected chi connectivity index (χ4v) is 10.3. The Hall–Kier alpha value is -5.78. The van der Waals surface area contributed by atoms with Crippen molar-refractivity contribution >= 4 is 55.9 Å². The van der Waals surface area contributed by atoms with Crippen LogP contribution in [0.1, 0.15) is 90.4 Å². The largest absolute Gasteiger partial charge is 0.497 e. The zero-order valence-electron chi connectivity index (χ0n) is 35.2. The summed E-state index contributed by atoms with van der Waals surface area (Å²) in [4.78, 5) is 67.7. The van der Waals surface area contributed by atoms with Crippen LogP contribution in [0.25, 0.3) is 33.5 Å². The van der Waals surface area contributed by atoms with Crippen LogP contribution >= 0.6 is 0 Å². The molecule has 2 aromatic carbocycles. The zero-order chi connectivity index (χ0) is 44.1. The second-order valence-corrected chi connectivity index (χ2v) is 19.9. The van der Waals surface area contributed by atoms with Crippen LogP contribution in [-0.4, -0.2) is 95.3 Å². The molecule has 3 N–H and O–H groups in total. The molecule has 5 aliphatic rings. The number of sulfonamides is 1. The molecule has 0 radical (unpaired) electrons. The average Bonchev–Trinajstić information content (AvgIpc) is 3.93. The minimum absolute atomic E-state index is 0.00641. The molecule has 4 aromatic rings. The molecular formula is C45H51FN6O10S. The lowest BCUT2D eigenvalue weighted by Gasteiger charge is -2.30. The standard InChI is InChI=1S/C45H51FN6O10S/c1-44(20-21-44)63(57,58)51-42(55)45-24-27(45)10-6-4-3-5-7-13-33(47-43(56)61-29-11-8-9-12-29)41(54)52-25-31(23-34(52)39(53)50-45)60-40-37-36(32-22-30(59-2)18-19-35(32)62-37)48-38(49-40)26-14-16-28(46)17-15-26/h6,10,14-19,22,27,29,31,33-34H,3-5,7-9,11-13,20-21,23-25H2,1-2H3,(H,47,56)(H,50,53)(H,51,55)/t27-,31-,33+,34+,45-/m1/s1. The van der Waals surface area contributed by atoms with Gasteiger partial charge in [0.2, 0.25) is 27.4 Å². The number of rotatable bonds is 9. The van der Waals surface area contributed by atoms with Crippen LogP contribution in [0.3, 0.4) is 0 Å². The van der Waals surface area contributed by atoms with Crippen molar-refractivity contribution in [2.75, 3.05) is 13.7 Å². The van der Waals surface area contributed by atoms with Crippen LogP contribution in [0.2, 0.25) is 0 Å². The Morgan fingerprint density at radius 3 is 2.49 bits per heavy atom. The fraction of sp³-hybridized carbons (Fsp3) is 0.511. The molecule has 2 aromatic heterocycles.